The topological polar surface area (TPSA) is 62.3 Å². The molecule has 1 aromatic carbocycles. The Labute approximate surface area is 152 Å². The van der Waals surface area contributed by atoms with Crippen LogP contribution in [-0.2, 0) is 0 Å². The molecule has 25 heavy (non-hydrogen) atoms. The van der Waals surface area contributed by atoms with Crippen LogP contribution in [0.15, 0.2) is 48.8 Å². The van der Waals surface area contributed by atoms with Gasteiger partial charge in [-0.05, 0) is 43.0 Å². The van der Waals surface area contributed by atoms with Crippen molar-refractivity contribution in [2.75, 3.05) is 19.6 Å². The molecule has 0 spiro atoms. The number of hydrogen-bond acceptors (Lipinski definition) is 3. The molecular weight excluding hydrogens is 338 g/mol. The van der Waals surface area contributed by atoms with Crippen LogP contribution < -0.4 is 5.32 Å². The molecule has 0 unspecified atom stereocenters. The van der Waals surface area contributed by atoms with Gasteiger partial charge < -0.3 is 10.2 Å². The fourth-order valence-electron chi connectivity index (χ4n) is 2.99. The molecule has 1 fully saturated rings. The Morgan fingerprint density at radius 3 is 2.48 bits per heavy atom. The van der Waals surface area contributed by atoms with Gasteiger partial charge in [0.25, 0.3) is 11.8 Å². The van der Waals surface area contributed by atoms with Crippen molar-refractivity contribution in [2.24, 2.45) is 5.92 Å². The highest BCUT2D eigenvalue weighted by atomic mass is 35.5. The van der Waals surface area contributed by atoms with E-state index in [0.29, 0.717) is 41.7 Å². The molecule has 6 heteroatoms. The van der Waals surface area contributed by atoms with Gasteiger partial charge in [-0.25, -0.2) is 0 Å². The largest absolute Gasteiger partial charge is 0.352 e. The summed E-state index contributed by atoms with van der Waals surface area (Å²) in [6, 6.07) is 10.5. The first-order valence-electron chi connectivity index (χ1n) is 8.37. The Morgan fingerprint density at radius 2 is 1.80 bits per heavy atom. The standard InChI is InChI=1S/C19H20ClN3O2/c20-17-4-2-1-3-16(17)18(24)22-13-14-7-11-23(12-8-14)19(25)15-5-9-21-10-6-15/h1-6,9-10,14H,7-8,11-13H2,(H,22,24). The SMILES string of the molecule is O=C(NCC1CCN(C(=O)c2ccncc2)CC1)c1ccccc1Cl. The molecule has 5 nitrogen and oxygen atoms in total. The smallest absolute Gasteiger partial charge is 0.253 e. The summed E-state index contributed by atoms with van der Waals surface area (Å²) in [6.07, 6.45) is 5.01. The number of amides is 2. The molecule has 0 radical (unpaired) electrons. The molecule has 1 N–H and O–H groups in total. The zero-order chi connectivity index (χ0) is 17.6. The number of nitrogens with zero attached hydrogens (tertiary/aromatic N) is 2. The fourth-order valence-corrected chi connectivity index (χ4v) is 3.22. The number of piperidine rings is 1. The van der Waals surface area contributed by atoms with Crippen LogP contribution in [0.25, 0.3) is 0 Å². The van der Waals surface area contributed by atoms with Crippen LogP contribution in [-0.4, -0.2) is 41.3 Å². The molecule has 1 aliphatic rings. The van der Waals surface area contributed by atoms with Gasteiger partial charge in [-0.15, -0.1) is 0 Å². The molecular formula is C19H20ClN3O2. The monoisotopic (exact) mass is 357 g/mol. The van der Waals surface area contributed by atoms with Gasteiger partial charge in [-0.1, -0.05) is 23.7 Å². The van der Waals surface area contributed by atoms with Gasteiger partial charge in [-0.2, -0.15) is 0 Å². The zero-order valence-electron chi connectivity index (χ0n) is 13.8. The second-order valence-electron chi connectivity index (χ2n) is 6.16. The summed E-state index contributed by atoms with van der Waals surface area (Å²) >= 11 is 6.04. The predicted octanol–water partition coefficient (Wildman–Crippen LogP) is 3.02. The van der Waals surface area contributed by atoms with E-state index < -0.39 is 0 Å². The van der Waals surface area contributed by atoms with Crippen molar-refractivity contribution >= 4 is 23.4 Å². The normalized spacial score (nSPS) is 15.0. The third kappa shape index (κ3) is 4.37. The number of likely N-dealkylation sites (tertiary alicyclic amines) is 1. The van der Waals surface area contributed by atoms with Crippen molar-refractivity contribution < 1.29 is 9.59 Å². The van der Waals surface area contributed by atoms with Gasteiger partial charge in [0, 0.05) is 37.6 Å². The van der Waals surface area contributed by atoms with Crippen molar-refractivity contribution in [2.45, 2.75) is 12.8 Å². The van der Waals surface area contributed by atoms with Gasteiger partial charge in [-0.3, -0.25) is 14.6 Å². The maximum absolute atomic E-state index is 12.4. The van der Waals surface area contributed by atoms with E-state index in [1.165, 1.54) is 0 Å². The third-order valence-electron chi connectivity index (χ3n) is 4.50. The molecule has 0 saturated carbocycles. The maximum atomic E-state index is 12.4. The first-order valence-corrected chi connectivity index (χ1v) is 8.75. The molecule has 2 amide bonds. The van der Waals surface area contributed by atoms with Crippen LogP contribution in [0, 0.1) is 5.92 Å². The number of pyridine rings is 1. The van der Waals surface area contributed by atoms with Crippen LogP contribution in [0.2, 0.25) is 5.02 Å². The second-order valence-corrected chi connectivity index (χ2v) is 6.57. The van der Waals surface area contributed by atoms with Crippen molar-refractivity contribution in [1.29, 1.82) is 0 Å². The maximum Gasteiger partial charge on any atom is 0.253 e. The van der Waals surface area contributed by atoms with Crippen LogP contribution in [0.4, 0.5) is 0 Å². The Bertz CT molecular complexity index is 743. The lowest BCUT2D eigenvalue weighted by Crippen LogP contribution is -2.41. The minimum absolute atomic E-state index is 0.0425. The van der Waals surface area contributed by atoms with Crippen LogP contribution in [0.3, 0.4) is 0 Å². The van der Waals surface area contributed by atoms with Crippen molar-refractivity contribution in [1.82, 2.24) is 15.2 Å². The number of carbonyl (C=O) groups excluding carboxylic acids is 2. The number of rotatable bonds is 4. The average Bonchev–Trinajstić information content (AvgIpc) is 2.67. The molecule has 0 bridgehead atoms. The summed E-state index contributed by atoms with van der Waals surface area (Å²) in [5, 5.41) is 3.41. The van der Waals surface area contributed by atoms with Gasteiger partial charge in [0.2, 0.25) is 0 Å². The van der Waals surface area contributed by atoms with Crippen molar-refractivity contribution in [3.8, 4) is 0 Å². The minimum Gasteiger partial charge on any atom is -0.352 e. The lowest BCUT2D eigenvalue weighted by Gasteiger charge is -2.32. The van der Waals surface area contributed by atoms with E-state index in [1.807, 2.05) is 4.90 Å². The van der Waals surface area contributed by atoms with E-state index in [0.717, 1.165) is 12.8 Å². The fraction of sp³-hybridized carbons (Fsp3) is 0.316. The Hall–Kier alpha value is -2.40. The van der Waals surface area contributed by atoms with E-state index in [4.69, 9.17) is 11.6 Å². The highest BCUT2D eigenvalue weighted by molar-refractivity contribution is 6.33. The van der Waals surface area contributed by atoms with Crippen molar-refractivity contribution in [3.63, 3.8) is 0 Å². The lowest BCUT2D eigenvalue weighted by molar-refractivity contribution is 0.0684. The number of aromatic nitrogens is 1. The summed E-state index contributed by atoms with van der Waals surface area (Å²) in [6.45, 7) is 2.00. The first kappa shape index (κ1) is 17.4. The van der Waals surface area contributed by atoms with Crippen LogP contribution >= 0.6 is 11.6 Å². The summed E-state index contributed by atoms with van der Waals surface area (Å²) in [5.41, 5.74) is 1.16. The molecule has 0 atom stereocenters. The van der Waals surface area contributed by atoms with Crippen molar-refractivity contribution in [3.05, 3.63) is 64.9 Å². The van der Waals surface area contributed by atoms with E-state index in [-0.39, 0.29) is 11.8 Å². The molecule has 1 saturated heterocycles. The first-order chi connectivity index (χ1) is 12.1. The molecule has 2 aromatic rings. The highest BCUT2D eigenvalue weighted by Gasteiger charge is 2.24. The van der Waals surface area contributed by atoms with Gasteiger partial charge in [0.05, 0.1) is 10.6 Å². The number of nitrogens with one attached hydrogen (secondary N) is 1. The van der Waals surface area contributed by atoms with Crippen LogP contribution in [0.1, 0.15) is 33.6 Å². The summed E-state index contributed by atoms with van der Waals surface area (Å²) < 4.78 is 0. The second kappa shape index (κ2) is 8.12. The zero-order valence-corrected chi connectivity index (χ0v) is 14.6. The molecule has 1 aromatic heterocycles. The van der Waals surface area contributed by atoms with Gasteiger partial charge in [0.15, 0.2) is 0 Å². The predicted molar refractivity (Wildman–Crippen MR) is 96.6 cm³/mol. The molecule has 130 valence electrons. The minimum atomic E-state index is -0.152. The summed E-state index contributed by atoms with van der Waals surface area (Å²) in [4.78, 5) is 30.4. The Morgan fingerprint density at radius 1 is 1.12 bits per heavy atom. The van der Waals surface area contributed by atoms with E-state index in [1.54, 1.807) is 48.8 Å². The van der Waals surface area contributed by atoms with E-state index in [2.05, 4.69) is 10.3 Å². The third-order valence-corrected chi connectivity index (χ3v) is 4.83. The lowest BCUT2D eigenvalue weighted by atomic mass is 9.96. The number of hydrogen-bond donors (Lipinski definition) is 1. The van der Waals surface area contributed by atoms with Crippen LogP contribution in [0.5, 0.6) is 0 Å². The quantitative estimate of drug-likeness (QED) is 0.914. The number of halogens is 1. The molecule has 2 heterocycles. The van der Waals surface area contributed by atoms with E-state index >= 15 is 0 Å². The molecule has 1 aliphatic heterocycles. The number of carbonyl (C=O) groups is 2. The van der Waals surface area contributed by atoms with E-state index in [9.17, 15) is 9.59 Å². The Balaban J connectivity index is 1.47. The highest BCUT2D eigenvalue weighted by Crippen LogP contribution is 2.19. The van der Waals surface area contributed by atoms with Gasteiger partial charge in [0.1, 0.15) is 0 Å². The number of benzene rings is 1. The molecule has 0 aliphatic carbocycles. The average molecular weight is 358 g/mol. The summed E-state index contributed by atoms with van der Waals surface area (Å²) in [7, 11) is 0. The molecule has 3 rings (SSSR count). The van der Waals surface area contributed by atoms with Gasteiger partial charge >= 0.3 is 0 Å². The Kier molecular flexibility index (Phi) is 5.66. The summed E-state index contributed by atoms with van der Waals surface area (Å²) in [5.74, 6) is 0.259.